The third-order valence-electron chi connectivity index (χ3n) is 5.00. The van der Waals surface area contributed by atoms with Crippen LogP contribution in [0.15, 0.2) is 24.3 Å². The molecule has 1 unspecified atom stereocenters. The molecule has 1 aliphatic carbocycles. The SMILES string of the molecule is CC(C)NCC(Cc1ccc(C(C)C)cc1)C1CCCC1. The average molecular weight is 287 g/mol. The molecule has 1 N–H and O–H groups in total. The molecule has 1 atom stereocenters. The fourth-order valence-electron chi connectivity index (χ4n) is 3.56. The highest BCUT2D eigenvalue weighted by molar-refractivity contribution is 5.25. The van der Waals surface area contributed by atoms with Gasteiger partial charge in [-0.05, 0) is 41.8 Å². The summed E-state index contributed by atoms with van der Waals surface area (Å²) in [6.45, 7) is 10.2. The van der Waals surface area contributed by atoms with Gasteiger partial charge in [-0.1, -0.05) is 77.6 Å². The van der Waals surface area contributed by atoms with Gasteiger partial charge in [-0.25, -0.2) is 0 Å². The molecule has 1 saturated carbocycles. The smallest absolute Gasteiger partial charge is 0.00104 e. The minimum absolute atomic E-state index is 0.595. The first-order valence-electron chi connectivity index (χ1n) is 8.88. The molecule has 0 radical (unpaired) electrons. The van der Waals surface area contributed by atoms with Crippen molar-refractivity contribution in [3.63, 3.8) is 0 Å². The van der Waals surface area contributed by atoms with Gasteiger partial charge < -0.3 is 5.32 Å². The zero-order valence-electron chi connectivity index (χ0n) is 14.4. The molecule has 1 aromatic rings. The van der Waals surface area contributed by atoms with Gasteiger partial charge in [0.25, 0.3) is 0 Å². The molecular weight excluding hydrogens is 254 g/mol. The Morgan fingerprint density at radius 2 is 1.62 bits per heavy atom. The molecule has 1 aliphatic rings. The Bertz CT molecular complexity index is 398. The van der Waals surface area contributed by atoms with Crippen LogP contribution in [0.2, 0.25) is 0 Å². The number of rotatable bonds is 7. The summed E-state index contributed by atoms with van der Waals surface area (Å²) in [5, 5.41) is 3.67. The van der Waals surface area contributed by atoms with E-state index in [2.05, 4.69) is 57.3 Å². The number of hydrogen-bond acceptors (Lipinski definition) is 1. The molecule has 0 bridgehead atoms. The Labute approximate surface area is 131 Å². The first-order valence-corrected chi connectivity index (χ1v) is 8.88. The maximum Gasteiger partial charge on any atom is 0.00104 e. The molecule has 0 aromatic heterocycles. The minimum Gasteiger partial charge on any atom is -0.314 e. The fraction of sp³-hybridized carbons (Fsp3) is 0.700. The monoisotopic (exact) mass is 287 g/mol. The maximum absolute atomic E-state index is 3.67. The van der Waals surface area contributed by atoms with Gasteiger partial charge in [0.05, 0.1) is 0 Å². The zero-order chi connectivity index (χ0) is 15.2. The molecule has 1 aromatic carbocycles. The molecule has 2 rings (SSSR count). The van der Waals surface area contributed by atoms with Gasteiger partial charge in [0.15, 0.2) is 0 Å². The average Bonchev–Trinajstić information content (AvgIpc) is 2.97. The predicted molar refractivity (Wildman–Crippen MR) is 92.8 cm³/mol. The van der Waals surface area contributed by atoms with Crippen LogP contribution in [0, 0.1) is 11.8 Å². The van der Waals surface area contributed by atoms with Crippen molar-refractivity contribution >= 4 is 0 Å². The highest BCUT2D eigenvalue weighted by atomic mass is 14.9. The Kier molecular flexibility index (Phi) is 6.29. The van der Waals surface area contributed by atoms with Gasteiger partial charge in [0.1, 0.15) is 0 Å². The van der Waals surface area contributed by atoms with Crippen molar-refractivity contribution in [2.45, 2.75) is 71.8 Å². The summed E-state index contributed by atoms with van der Waals surface area (Å²) in [5.74, 6) is 2.37. The van der Waals surface area contributed by atoms with Crippen molar-refractivity contribution < 1.29 is 0 Å². The maximum atomic E-state index is 3.67. The lowest BCUT2D eigenvalue weighted by atomic mass is 9.85. The van der Waals surface area contributed by atoms with Crippen LogP contribution in [0.1, 0.15) is 70.4 Å². The quantitative estimate of drug-likeness (QED) is 0.730. The summed E-state index contributed by atoms with van der Waals surface area (Å²) in [4.78, 5) is 0. The fourth-order valence-corrected chi connectivity index (χ4v) is 3.56. The van der Waals surface area contributed by atoms with Crippen molar-refractivity contribution in [1.82, 2.24) is 5.32 Å². The van der Waals surface area contributed by atoms with Gasteiger partial charge >= 0.3 is 0 Å². The Hall–Kier alpha value is -0.820. The van der Waals surface area contributed by atoms with Crippen molar-refractivity contribution in [2.75, 3.05) is 6.54 Å². The van der Waals surface area contributed by atoms with Crippen molar-refractivity contribution in [2.24, 2.45) is 11.8 Å². The first kappa shape index (κ1) is 16.5. The van der Waals surface area contributed by atoms with E-state index in [0.29, 0.717) is 12.0 Å². The van der Waals surface area contributed by atoms with Gasteiger partial charge in [-0.15, -0.1) is 0 Å². The summed E-state index contributed by atoms with van der Waals surface area (Å²) in [7, 11) is 0. The molecule has 0 saturated heterocycles. The zero-order valence-corrected chi connectivity index (χ0v) is 14.4. The van der Waals surface area contributed by atoms with E-state index in [0.717, 1.165) is 11.8 Å². The van der Waals surface area contributed by atoms with E-state index in [1.165, 1.54) is 49.8 Å². The van der Waals surface area contributed by atoms with Crippen LogP contribution in [-0.4, -0.2) is 12.6 Å². The molecule has 1 nitrogen and oxygen atoms in total. The van der Waals surface area contributed by atoms with E-state index >= 15 is 0 Å². The van der Waals surface area contributed by atoms with Crippen molar-refractivity contribution in [3.05, 3.63) is 35.4 Å². The van der Waals surface area contributed by atoms with E-state index < -0.39 is 0 Å². The predicted octanol–water partition coefficient (Wildman–Crippen LogP) is 5.16. The summed E-state index contributed by atoms with van der Waals surface area (Å²) in [6, 6.07) is 9.94. The molecule has 1 fully saturated rings. The van der Waals surface area contributed by atoms with Crippen LogP contribution in [0.5, 0.6) is 0 Å². The van der Waals surface area contributed by atoms with Gasteiger partial charge in [-0.3, -0.25) is 0 Å². The summed E-state index contributed by atoms with van der Waals surface area (Å²) in [6.07, 6.45) is 7.00. The Morgan fingerprint density at radius 1 is 1.00 bits per heavy atom. The second kappa shape index (κ2) is 7.98. The topological polar surface area (TPSA) is 12.0 Å². The van der Waals surface area contributed by atoms with Crippen molar-refractivity contribution in [3.8, 4) is 0 Å². The van der Waals surface area contributed by atoms with Crippen LogP contribution in [0.4, 0.5) is 0 Å². The van der Waals surface area contributed by atoms with Gasteiger partial charge in [0.2, 0.25) is 0 Å². The van der Waals surface area contributed by atoms with E-state index in [-0.39, 0.29) is 0 Å². The highest BCUT2D eigenvalue weighted by Crippen LogP contribution is 2.33. The summed E-state index contributed by atoms with van der Waals surface area (Å²) < 4.78 is 0. The molecule has 0 heterocycles. The second-order valence-corrected chi connectivity index (χ2v) is 7.47. The minimum atomic E-state index is 0.595. The standard InChI is InChI=1S/C20H33N/c1-15(2)18-11-9-17(10-12-18)13-20(14-21-16(3)4)19-7-5-6-8-19/h9-12,15-16,19-21H,5-8,13-14H2,1-4H3. The lowest BCUT2D eigenvalue weighted by molar-refractivity contribution is 0.313. The van der Waals surface area contributed by atoms with E-state index in [9.17, 15) is 0 Å². The molecule has 0 spiro atoms. The van der Waals surface area contributed by atoms with Crippen LogP contribution in [0.25, 0.3) is 0 Å². The number of hydrogen-bond donors (Lipinski definition) is 1. The lowest BCUT2D eigenvalue weighted by Crippen LogP contribution is -2.33. The molecular formula is C20H33N. The Morgan fingerprint density at radius 3 is 2.14 bits per heavy atom. The van der Waals surface area contributed by atoms with Crippen LogP contribution < -0.4 is 5.32 Å². The lowest BCUT2D eigenvalue weighted by Gasteiger charge is -2.25. The van der Waals surface area contributed by atoms with E-state index in [4.69, 9.17) is 0 Å². The van der Waals surface area contributed by atoms with Crippen molar-refractivity contribution in [1.29, 1.82) is 0 Å². The molecule has 1 heteroatoms. The first-order chi connectivity index (χ1) is 10.1. The molecule has 21 heavy (non-hydrogen) atoms. The van der Waals surface area contributed by atoms with Gasteiger partial charge in [-0.2, -0.15) is 0 Å². The molecule has 0 aliphatic heterocycles. The molecule has 118 valence electrons. The van der Waals surface area contributed by atoms with E-state index in [1.54, 1.807) is 0 Å². The Balaban J connectivity index is 1.99. The second-order valence-electron chi connectivity index (χ2n) is 7.47. The highest BCUT2D eigenvalue weighted by Gasteiger charge is 2.25. The normalized spacial score (nSPS) is 17.8. The van der Waals surface area contributed by atoms with Crippen LogP contribution >= 0.6 is 0 Å². The third-order valence-corrected chi connectivity index (χ3v) is 5.00. The van der Waals surface area contributed by atoms with E-state index in [1.807, 2.05) is 0 Å². The van der Waals surface area contributed by atoms with Gasteiger partial charge in [0, 0.05) is 6.04 Å². The number of nitrogens with one attached hydrogen (secondary N) is 1. The summed E-state index contributed by atoms with van der Waals surface area (Å²) in [5.41, 5.74) is 2.97. The molecule has 0 amide bonds. The van der Waals surface area contributed by atoms with Crippen LogP contribution in [0.3, 0.4) is 0 Å². The largest absolute Gasteiger partial charge is 0.314 e. The summed E-state index contributed by atoms with van der Waals surface area (Å²) >= 11 is 0. The third kappa shape index (κ3) is 5.14. The van der Waals surface area contributed by atoms with Crippen LogP contribution in [-0.2, 0) is 6.42 Å². The number of benzene rings is 1.